The van der Waals surface area contributed by atoms with Gasteiger partial charge in [0, 0.05) is 29.9 Å². The van der Waals surface area contributed by atoms with Crippen LogP contribution in [0.5, 0.6) is 0 Å². The second-order valence-electron chi connectivity index (χ2n) is 4.62. The number of hydrogen-bond acceptors (Lipinski definition) is 5. The fraction of sp³-hybridized carbons (Fsp3) is 0.143. The summed E-state index contributed by atoms with van der Waals surface area (Å²) >= 11 is 0. The lowest BCUT2D eigenvalue weighted by Gasteiger charge is -2.22. The number of aliphatic carboxylic acids is 2. The maximum atomic E-state index is 11.5. The molecule has 1 aliphatic heterocycles. The predicted octanol–water partition coefficient (Wildman–Crippen LogP) is 1.39. The van der Waals surface area contributed by atoms with Gasteiger partial charge in [-0.1, -0.05) is 12.1 Å². The van der Waals surface area contributed by atoms with Gasteiger partial charge in [-0.3, -0.25) is 10.1 Å². The Morgan fingerprint density at radius 1 is 1.27 bits per heavy atom. The molecule has 22 heavy (non-hydrogen) atoms. The van der Waals surface area contributed by atoms with E-state index < -0.39 is 16.9 Å². The molecule has 0 spiro atoms. The first kappa shape index (κ1) is 15.2. The third-order valence-electron chi connectivity index (χ3n) is 3.27. The smallest absolute Gasteiger partial charge is 0.338 e. The van der Waals surface area contributed by atoms with Crippen molar-refractivity contribution in [1.82, 2.24) is 5.32 Å². The fourth-order valence-corrected chi connectivity index (χ4v) is 2.28. The maximum absolute atomic E-state index is 11.5. The van der Waals surface area contributed by atoms with Crippen LogP contribution in [0.25, 0.3) is 5.57 Å². The number of carboxylic acid groups (broad SMARTS) is 2. The van der Waals surface area contributed by atoms with E-state index in [1.807, 2.05) is 0 Å². The van der Waals surface area contributed by atoms with Crippen LogP contribution in [0.2, 0.25) is 0 Å². The molecule has 8 heteroatoms. The summed E-state index contributed by atoms with van der Waals surface area (Å²) in [5.74, 6) is -2.58. The van der Waals surface area contributed by atoms with Crippen molar-refractivity contribution in [2.24, 2.45) is 0 Å². The number of carboxylic acids is 2. The molecule has 0 radical (unpaired) electrons. The van der Waals surface area contributed by atoms with Crippen LogP contribution >= 0.6 is 0 Å². The Kier molecular flexibility index (Phi) is 3.93. The van der Waals surface area contributed by atoms with Crippen LogP contribution in [-0.2, 0) is 9.59 Å². The van der Waals surface area contributed by atoms with Crippen LogP contribution in [0.1, 0.15) is 12.5 Å². The number of nitro groups is 1. The van der Waals surface area contributed by atoms with Gasteiger partial charge in [-0.15, -0.1) is 0 Å². The molecule has 1 heterocycles. The maximum Gasteiger partial charge on any atom is 0.338 e. The second-order valence-corrected chi connectivity index (χ2v) is 4.62. The third-order valence-corrected chi connectivity index (χ3v) is 3.27. The Bertz CT molecular complexity index is 747. The van der Waals surface area contributed by atoms with Crippen LogP contribution in [0.15, 0.2) is 41.1 Å². The minimum Gasteiger partial charge on any atom is -0.478 e. The van der Waals surface area contributed by atoms with E-state index in [9.17, 15) is 29.9 Å². The van der Waals surface area contributed by atoms with Gasteiger partial charge in [0.15, 0.2) is 0 Å². The molecule has 114 valence electrons. The topological polar surface area (TPSA) is 130 Å². The lowest BCUT2D eigenvalue weighted by atomic mass is 9.89. The van der Waals surface area contributed by atoms with Crippen LogP contribution in [0, 0.1) is 10.1 Å². The Balaban J connectivity index is 2.74. The van der Waals surface area contributed by atoms with Gasteiger partial charge in [0.05, 0.1) is 16.1 Å². The molecule has 0 saturated carbocycles. The molecule has 0 saturated heterocycles. The molecule has 0 unspecified atom stereocenters. The van der Waals surface area contributed by atoms with Crippen molar-refractivity contribution in [1.29, 1.82) is 0 Å². The van der Waals surface area contributed by atoms with E-state index in [2.05, 4.69) is 5.32 Å². The molecule has 8 nitrogen and oxygen atoms in total. The van der Waals surface area contributed by atoms with Crippen molar-refractivity contribution >= 4 is 23.2 Å². The molecule has 0 aliphatic carbocycles. The molecule has 0 bridgehead atoms. The number of nitro benzene ring substituents is 1. The lowest BCUT2D eigenvalue weighted by Crippen LogP contribution is -2.29. The Morgan fingerprint density at radius 2 is 1.95 bits per heavy atom. The summed E-state index contributed by atoms with van der Waals surface area (Å²) in [5, 5.41) is 32.2. The van der Waals surface area contributed by atoms with E-state index >= 15 is 0 Å². The zero-order valence-corrected chi connectivity index (χ0v) is 11.5. The standard InChI is InChI=1S/C14H12N2O6/c1-7-11(14(19)20)12(10(6-15-7)13(17)18)8-3-2-4-9(5-8)16(21)22/h2-5,15H,6H2,1H3,(H,17,18)(H,19,20). The number of nitrogens with one attached hydrogen (secondary N) is 1. The highest BCUT2D eigenvalue weighted by Gasteiger charge is 2.29. The second kappa shape index (κ2) is 5.68. The zero-order chi connectivity index (χ0) is 16.4. The van der Waals surface area contributed by atoms with E-state index in [1.54, 1.807) is 0 Å². The lowest BCUT2D eigenvalue weighted by molar-refractivity contribution is -0.384. The monoisotopic (exact) mass is 304 g/mol. The van der Waals surface area contributed by atoms with Gasteiger partial charge in [0.1, 0.15) is 0 Å². The minimum atomic E-state index is -1.30. The van der Waals surface area contributed by atoms with E-state index in [1.165, 1.54) is 31.2 Å². The highest BCUT2D eigenvalue weighted by molar-refractivity contribution is 6.13. The molecule has 3 N–H and O–H groups in total. The van der Waals surface area contributed by atoms with Gasteiger partial charge < -0.3 is 15.5 Å². The highest BCUT2D eigenvalue weighted by atomic mass is 16.6. The molecule has 0 amide bonds. The highest BCUT2D eigenvalue weighted by Crippen LogP contribution is 2.33. The molecular formula is C14H12N2O6. The van der Waals surface area contributed by atoms with Gasteiger partial charge in [0.25, 0.3) is 5.69 Å². The van der Waals surface area contributed by atoms with Gasteiger partial charge in [-0.2, -0.15) is 0 Å². The van der Waals surface area contributed by atoms with E-state index in [0.29, 0.717) is 5.70 Å². The fourth-order valence-electron chi connectivity index (χ4n) is 2.28. The first-order valence-corrected chi connectivity index (χ1v) is 6.22. The van der Waals surface area contributed by atoms with E-state index in [0.717, 1.165) is 0 Å². The van der Waals surface area contributed by atoms with Crippen LogP contribution in [-0.4, -0.2) is 33.6 Å². The van der Waals surface area contributed by atoms with Crippen molar-refractivity contribution in [2.75, 3.05) is 6.54 Å². The number of dihydropyridines is 1. The Morgan fingerprint density at radius 3 is 2.50 bits per heavy atom. The summed E-state index contributed by atoms with van der Waals surface area (Å²) in [6.07, 6.45) is 0. The van der Waals surface area contributed by atoms with Gasteiger partial charge in [-0.05, 0) is 12.5 Å². The summed E-state index contributed by atoms with van der Waals surface area (Å²) in [5.41, 5.74) is -0.118. The average Bonchev–Trinajstić information content (AvgIpc) is 2.46. The number of nitrogens with zero attached hydrogens (tertiary/aromatic N) is 1. The number of non-ortho nitro benzene ring substituents is 1. The minimum absolute atomic E-state index is 0.0139. The first-order chi connectivity index (χ1) is 10.3. The van der Waals surface area contributed by atoms with Crippen molar-refractivity contribution in [3.8, 4) is 0 Å². The van der Waals surface area contributed by atoms with E-state index in [-0.39, 0.29) is 34.5 Å². The van der Waals surface area contributed by atoms with Gasteiger partial charge in [0.2, 0.25) is 0 Å². The largest absolute Gasteiger partial charge is 0.478 e. The molecule has 1 aliphatic rings. The Hall–Kier alpha value is -3.16. The van der Waals surface area contributed by atoms with Crippen LogP contribution in [0.3, 0.4) is 0 Å². The van der Waals surface area contributed by atoms with Crippen molar-refractivity contribution in [2.45, 2.75) is 6.92 Å². The zero-order valence-electron chi connectivity index (χ0n) is 11.5. The summed E-state index contributed by atoms with van der Waals surface area (Å²) in [6.45, 7) is 1.45. The summed E-state index contributed by atoms with van der Waals surface area (Å²) in [7, 11) is 0. The third kappa shape index (κ3) is 2.66. The summed E-state index contributed by atoms with van der Waals surface area (Å²) in [4.78, 5) is 33.1. The molecule has 2 rings (SSSR count). The van der Waals surface area contributed by atoms with Gasteiger partial charge in [-0.25, -0.2) is 9.59 Å². The Labute approximate surface area is 124 Å². The SMILES string of the molecule is CC1=C(C(=O)O)C(c2cccc([N+](=O)[O-])c2)=C(C(=O)O)CN1. The van der Waals surface area contributed by atoms with Crippen molar-refractivity contribution < 1.29 is 24.7 Å². The normalized spacial score (nSPS) is 14.6. The number of rotatable bonds is 4. The summed E-state index contributed by atoms with van der Waals surface area (Å²) < 4.78 is 0. The first-order valence-electron chi connectivity index (χ1n) is 6.22. The number of hydrogen-bond donors (Lipinski definition) is 3. The molecule has 0 fully saturated rings. The van der Waals surface area contributed by atoms with Crippen LogP contribution in [0.4, 0.5) is 5.69 Å². The number of benzene rings is 1. The molecule has 1 aromatic rings. The molecule has 0 atom stereocenters. The molecule has 0 aromatic heterocycles. The predicted molar refractivity (Wildman–Crippen MR) is 76.0 cm³/mol. The van der Waals surface area contributed by atoms with Crippen LogP contribution < -0.4 is 5.32 Å². The number of allylic oxidation sites excluding steroid dienone is 1. The number of carbonyl (C=O) groups is 2. The van der Waals surface area contributed by atoms with Crippen molar-refractivity contribution in [3.05, 3.63) is 56.8 Å². The van der Waals surface area contributed by atoms with Crippen molar-refractivity contribution in [3.63, 3.8) is 0 Å². The summed E-state index contributed by atoms with van der Waals surface area (Å²) in [6, 6.07) is 5.26. The average molecular weight is 304 g/mol. The molecule has 1 aromatic carbocycles. The van der Waals surface area contributed by atoms with Gasteiger partial charge >= 0.3 is 11.9 Å². The molecular weight excluding hydrogens is 292 g/mol. The van der Waals surface area contributed by atoms with E-state index in [4.69, 9.17) is 0 Å². The quantitative estimate of drug-likeness (QED) is 0.566.